The van der Waals surface area contributed by atoms with Gasteiger partial charge in [0.15, 0.2) is 0 Å². The van der Waals surface area contributed by atoms with Gasteiger partial charge in [0, 0.05) is 21.5 Å². The van der Waals surface area contributed by atoms with Gasteiger partial charge in [-0.3, -0.25) is 0 Å². The highest BCUT2D eigenvalue weighted by Gasteiger charge is 2.24. The molecule has 0 aliphatic rings. The highest BCUT2D eigenvalue weighted by atomic mass is 16.3. The molecule has 0 aliphatic carbocycles. The highest BCUT2D eigenvalue weighted by Crippen LogP contribution is 2.51. The molecule has 0 saturated carbocycles. The summed E-state index contributed by atoms with van der Waals surface area (Å²) in [6.45, 7) is 0. The van der Waals surface area contributed by atoms with Gasteiger partial charge in [0.25, 0.3) is 0 Å². The summed E-state index contributed by atoms with van der Waals surface area (Å²) < 4.78 is 12.9. The lowest BCUT2D eigenvalue weighted by molar-refractivity contribution is 0.669. The maximum absolute atomic E-state index is 6.43. The van der Waals surface area contributed by atoms with Crippen molar-refractivity contribution in [3.05, 3.63) is 303 Å². The third-order valence-corrected chi connectivity index (χ3v) is 19.8. The van der Waals surface area contributed by atoms with Crippen LogP contribution in [-0.4, -0.2) is 0 Å². The molecule has 2 heterocycles. The fourth-order valence-electron chi connectivity index (χ4n) is 15.8. The molecular formula is C88H50O2. The first kappa shape index (κ1) is 49.3. The molecule has 18 aromatic carbocycles. The van der Waals surface area contributed by atoms with Gasteiger partial charge in [-0.05, 0) is 218 Å². The first-order valence-corrected chi connectivity index (χ1v) is 31.1. The zero-order chi connectivity index (χ0) is 58.7. The topological polar surface area (TPSA) is 26.3 Å². The quantitative estimate of drug-likeness (QED) is 0.127. The van der Waals surface area contributed by atoms with Gasteiger partial charge < -0.3 is 8.83 Å². The Morgan fingerprint density at radius 1 is 0.156 bits per heavy atom. The third kappa shape index (κ3) is 7.16. The van der Waals surface area contributed by atoms with Crippen molar-refractivity contribution in [2.24, 2.45) is 0 Å². The van der Waals surface area contributed by atoms with Gasteiger partial charge in [-0.25, -0.2) is 0 Å². The minimum atomic E-state index is 0.902. The fourth-order valence-corrected chi connectivity index (χ4v) is 15.8. The number of furan rings is 2. The predicted octanol–water partition coefficient (Wildman–Crippen LogP) is 25.4. The van der Waals surface area contributed by atoms with Crippen LogP contribution >= 0.6 is 0 Å². The summed E-state index contributed by atoms with van der Waals surface area (Å²) >= 11 is 0. The zero-order valence-electron chi connectivity index (χ0n) is 48.7. The van der Waals surface area contributed by atoms with E-state index in [1.54, 1.807) is 0 Å². The second kappa shape index (κ2) is 18.8. The van der Waals surface area contributed by atoms with E-state index in [1.807, 2.05) is 12.1 Å². The van der Waals surface area contributed by atoms with Crippen molar-refractivity contribution >= 4 is 152 Å². The molecule has 414 valence electrons. The predicted molar refractivity (Wildman–Crippen MR) is 383 cm³/mol. The van der Waals surface area contributed by atoms with E-state index < -0.39 is 0 Å². The molecule has 0 bridgehead atoms. The van der Waals surface area contributed by atoms with Crippen molar-refractivity contribution in [3.8, 4) is 55.6 Å². The second-order valence-electron chi connectivity index (χ2n) is 24.5. The van der Waals surface area contributed by atoms with E-state index in [-0.39, 0.29) is 0 Å². The van der Waals surface area contributed by atoms with Gasteiger partial charge in [-0.1, -0.05) is 249 Å². The fraction of sp³-hybridized carbons (Fsp3) is 0. The molecule has 20 rings (SSSR count). The van der Waals surface area contributed by atoms with Crippen LogP contribution in [0.3, 0.4) is 0 Å². The Labute approximate surface area is 516 Å². The average molecular weight is 1140 g/mol. The summed E-state index contributed by atoms with van der Waals surface area (Å²) in [6.07, 6.45) is 0. The SMILES string of the molecule is c1ccc2c(c1)ccc1cc(-c3c4ccccc4c(-c4ccc5c(ccc6oc7ccccc7c65)c4)c4cc(-c5ccc6c(-c7cccc8c7ccc7ccccc78)c7ccccc7c(-c7ccc8c(ccc9oc%10ccccc%10c98)c7)c6c5)ccc34)ccc12. The lowest BCUT2D eigenvalue weighted by atomic mass is 9.82. The van der Waals surface area contributed by atoms with E-state index in [0.717, 1.165) is 55.0 Å². The first-order chi connectivity index (χ1) is 44.6. The van der Waals surface area contributed by atoms with Crippen molar-refractivity contribution in [1.82, 2.24) is 0 Å². The van der Waals surface area contributed by atoms with Gasteiger partial charge in [0.1, 0.15) is 22.3 Å². The molecule has 20 aromatic rings. The molecule has 0 aliphatic heterocycles. The minimum Gasteiger partial charge on any atom is -0.456 e. The normalized spacial score (nSPS) is 12.2. The van der Waals surface area contributed by atoms with Crippen LogP contribution in [0.4, 0.5) is 0 Å². The molecule has 0 radical (unpaired) electrons. The molecule has 0 spiro atoms. The Balaban J connectivity index is 0.864. The summed E-state index contributed by atoms with van der Waals surface area (Å²) in [6, 6.07) is 113. The standard InChI is InChI=1S/C88H50O2/c1-3-16-61-51(14-1)28-29-55-46-58(33-38-63(55)61)83-69-18-5-6-19-70(69)84(59-34-39-64-56(47-59)36-44-81-87(64)75-22-9-11-26-79(75)89-81)77-49-53(31-42-73(77)83)54-32-43-74-78(50-54)85(60-35-40-65-57(48-60)37-45-82-88(65)76-23-10-12-27-80(76)90-82)71-20-7-8-21-72(71)86(74)68-25-13-24-66-62-17-4-2-15-52(62)30-41-67(66)68/h1-50H. The van der Waals surface area contributed by atoms with Crippen molar-refractivity contribution < 1.29 is 8.83 Å². The van der Waals surface area contributed by atoms with Gasteiger partial charge >= 0.3 is 0 Å². The van der Waals surface area contributed by atoms with Crippen LogP contribution in [0.1, 0.15) is 0 Å². The van der Waals surface area contributed by atoms with E-state index >= 15 is 0 Å². The first-order valence-electron chi connectivity index (χ1n) is 31.1. The molecule has 0 atom stereocenters. The monoisotopic (exact) mass is 1140 g/mol. The van der Waals surface area contributed by atoms with Gasteiger partial charge in [0.2, 0.25) is 0 Å². The van der Waals surface area contributed by atoms with Crippen LogP contribution < -0.4 is 0 Å². The van der Waals surface area contributed by atoms with E-state index in [1.165, 1.54) is 152 Å². The summed E-state index contributed by atoms with van der Waals surface area (Å²) in [4.78, 5) is 0. The number of benzene rings is 18. The lowest BCUT2D eigenvalue weighted by Crippen LogP contribution is -1.94. The second-order valence-corrected chi connectivity index (χ2v) is 24.5. The molecule has 90 heavy (non-hydrogen) atoms. The van der Waals surface area contributed by atoms with Crippen LogP contribution in [0.15, 0.2) is 312 Å². The Kier molecular flexibility index (Phi) is 10.3. The molecular weight excluding hydrogens is 1090 g/mol. The molecule has 2 nitrogen and oxygen atoms in total. The van der Waals surface area contributed by atoms with Crippen LogP contribution in [0.2, 0.25) is 0 Å². The van der Waals surface area contributed by atoms with Gasteiger partial charge in [-0.15, -0.1) is 0 Å². The Hall–Kier alpha value is -11.8. The zero-order valence-corrected chi connectivity index (χ0v) is 48.7. The van der Waals surface area contributed by atoms with E-state index in [9.17, 15) is 0 Å². The maximum Gasteiger partial charge on any atom is 0.136 e. The Bertz CT molecular complexity index is 6530. The lowest BCUT2D eigenvalue weighted by Gasteiger charge is -2.21. The molecule has 0 N–H and O–H groups in total. The molecule has 2 heteroatoms. The Morgan fingerprint density at radius 3 is 1.03 bits per heavy atom. The largest absolute Gasteiger partial charge is 0.456 e. The summed E-state index contributed by atoms with van der Waals surface area (Å²) in [7, 11) is 0. The summed E-state index contributed by atoms with van der Waals surface area (Å²) in [5.74, 6) is 0. The minimum absolute atomic E-state index is 0.902. The van der Waals surface area contributed by atoms with Crippen molar-refractivity contribution in [2.45, 2.75) is 0 Å². The van der Waals surface area contributed by atoms with E-state index in [0.29, 0.717) is 0 Å². The average Bonchev–Trinajstić information content (AvgIpc) is 0.911. The molecule has 2 aromatic heterocycles. The third-order valence-electron chi connectivity index (χ3n) is 19.8. The summed E-state index contributed by atoms with van der Waals surface area (Å²) in [5, 5.41) is 28.9. The molecule has 0 saturated heterocycles. The molecule has 0 unspecified atom stereocenters. The van der Waals surface area contributed by atoms with E-state index in [2.05, 4.69) is 291 Å². The number of hydrogen-bond donors (Lipinski definition) is 0. The Morgan fingerprint density at radius 2 is 0.489 bits per heavy atom. The summed E-state index contributed by atoms with van der Waals surface area (Å²) in [5.41, 5.74) is 15.6. The van der Waals surface area contributed by atoms with Crippen LogP contribution in [0.25, 0.3) is 207 Å². The molecule has 0 amide bonds. The number of fused-ring (bicyclic) bond motifs is 20. The van der Waals surface area contributed by atoms with Crippen molar-refractivity contribution in [3.63, 3.8) is 0 Å². The van der Waals surface area contributed by atoms with Gasteiger partial charge in [-0.2, -0.15) is 0 Å². The van der Waals surface area contributed by atoms with E-state index in [4.69, 9.17) is 8.83 Å². The maximum atomic E-state index is 6.43. The number of para-hydroxylation sites is 2. The van der Waals surface area contributed by atoms with Gasteiger partial charge in [0.05, 0.1) is 0 Å². The van der Waals surface area contributed by atoms with Crippen LogP contribution in [0, 0.1) is 0 Å². The van der Waals surface area contributed by atoms with Crippen molar-refractivity contribution in [2.75, 3.05) is 0 Å². The number of hydrogen-bond acceptors (Lipinski definition) is 2. The van der Waals surface area contributed by atoms with Crippen LogP contribution in [-0.2, 0) is 0 Å². The smallest absolute Gasteiger partial charge is 0.136 e. The highest BCUT2D eigenvalue weighted by molar-refractivity contribution is 6.28. The molecule has 0 fully saturated rings. The van der Waals surface area contributed by atoms with Crippen molar-refractivity contribution in [1.29, 1.82) is 0 Å². The number of rotatable bonds is 5. The van der Waals surface area contributed by atoms with Crippen LogP contribution in [0.5, 0.6) is 0 Å².